The first-order valence-electron chi connectivity index (χ1n) is 8.27. The number of hydroxylamine groups is 1. The molecule has 1 aliphatic rings. The van der Waals surface area contributed by atoms with Crippen molar-refractivity contribution in [3.8, 4) is 23.7 Å². The first kappa shape index (κ1) is 20.4. The Morgan fingerprint density at radius 2 is 2.00 bits per heavy atom. The lowest BCUT2D eigenvalue weighted by Gasteiger charge is -2.45. The van der Waals surface area contributed by atoms with E-state index in [0.29, 0.717) is 30.6 Å². The van der Waals surface area contributed by atoms with Crippen LogP contribution in [0.1, 0.15) is 22.3 Å². The standard InChI is InChI=1S/C19H21N3O5/c1-27-19(12-20-13-19)16(18(25)22-26)21-17(24)15-9-7-14(8-10-15)6-4-2-3-5-11-23/h7-10,16,20,23,26H,5,11-13H2,1H3,(H,21,24)(H,22,25). The van der Waals surface area contributed by atoms with Gasteiger partial charge in [0.15, 0.2) is 0 Å². The molecule has 0 saturated carbocycles. The number of carbonyl (C=O) groups is 2. The number of methoxy groups -OCH3 is 1. The highest BCUT2D eigenvalue weighted by Gasteiger charge is 2.49. The van der Waals surface area contributed by atoms with Gasteiger partial charge >= 0.3 is 0 Å². The zero-order chi connectivity index (χ0) is 19.7. The predicted molar refractivity (Wildman–Crippen MR) is 96.6 cm³/mol. The molecule has 1 unspecified atom stereocenters. The molecule has 0 radical (unpaired) electrons. The largest absolute Gasteiger partial charge is 0.395 e. The van der Waals surface area contributed by atoms with Crippen LogP contribution in [-0.2, 0) is 9.53 Å². The molecule has 8 nitrogen and oxygen atoms in total. The first-order chi connectivity index (χ1) is 13.1. The summed E-state index contributed by atoms with van der Waals surface area (Å²) in [4.78, 5) is 24.5. The summed E-state index contributed by atoms with van der Waals surface area (Å²) in [5.41, 5.74) is 1.66. The number of amides is 2. The van der Waals surface area contributed by atoms with Crippen LogP contribution in [0.3, 0.4) is 0 Å². The summed E-state index contributed by atoms with van der Waals surface area (Å²) in [5.74, 6) is 9.56. The number of ether oxygens (including phenoxy) is 1. The second-order valence-corrected chi connectivity index (χ2v) is 5.86. The van der Waals surface area contributed by atoms with E-state index in [1.165, 1.54) is 7.11 Å². The maximum Gasteiger partial charge on any atom is 0.269 e. The van der Waals surface area contributed by atoms with Crippen molar-refractivity contribution in [3.05, 3.63) is 35.4 Å². The quantitative estimate of drug-likeness (QED) is 0.249. The molecule has 27 heavy (non-hydrogen) atoms. The molecular formula is C19H21N3O5. The Kier molecular flexibility index (Phi) is 7.35. The first-order valence-corrected chi connectivity index (χ1v) is 8.27. The van der Waals surface area contributed by atoms with E-state index >= 15 is 0 Å². The van der Waals surface area contributed by atoms with E-state index in [-0.39, 0.29) is 6.61 Å². The molecule has 5 N–H and O–H groups in total. The van der Waals surface area contributed by atoms with Crippen molar-refractivity contribution in [2.24, 2.45) is 0 Å². The van der Waals surface area contributed by atoms with Crippen LogP contribution in [0.25, 0.3) is 0 Å². The van der Waals surface area contributed by atoms with Crippen LogP contribution >= 0.6 is 0 Å². The summed E-state index contributed by atoms with van der Waals surface area (Å²) in [6.07, 6.45) is 0.370. The summed E-state index contributed by atoms with van der Waals surface area (Å²) < 4.78 is 5.39. The lowest BCUT2D eigenvalue weighted by Crippen LogP contribution is -2.74. The van der Waals surface area contributed by atoms with Crippen LogP contribution < -0.4 is 16.1 Å². The minimum absolute atomic E-state index is 0.00575. The van der Waals surface area contributed by atoms with Crippen LogP contribution in [0.4, 0.5) is 0 Å². The highest BCUT2D eigenvalue weighted by molar-refractivity contribution is 5.98. The number of aliphatic hydroxyl groups is 1. The maximum atomic E-state index is 12.5. The van der Waals surface area contributed by atoms with Crippen LogP contribution in [0.15, 0.2) is 24.3 Å². The van der Waals surface area contributed by atoms with Crippen molar-refractivity contribution in [1.82, 2.24) is 16.1 Å². The van der Waals surface area contributed by atoms with Crippen molar-refractivity contribution in [1.29, 1.82) is 0 Å². The van der Waals surface area contributed by atoms with E-state index in [2.05, 4.69) is 34.3 Å². The number of aliphatic hydroxyl groups excluding tert-OH is 1. The summed E-state index contributed by atoms with van der Waals surface area (Å²) >= 11 is 0. The molecule has 1 saturated heterocycles. The molecule has 142 valence electrons. The molecule has 0 aromatic heterocycles. The molecule has 0 bridgehead atoms. The van der Waals surface area contributed by atoms with Crippen molar-refractivity contribution in [2.45, 2.75) is 18.1 Å². The van der Waals surface area contributed by atoms with Gasteiger partial charge in [-0.15, -0.1) is 0 Å². The molecule has 1 atom stereocenters. The van der Waals surface area contributed by atoms with Gasteiger partial charge in [0.25, 0.3) is 11.8 Å². The molecular weight excluding hydrogens is 350 g/mol. The topological polar surface area (TPSA) is 120 Å². The Balaban J connectivity index is 2.08. The molecule has 0 aliphatic carbocycles. The number of carbonyl (C=O) groups excluding carboxylic acids is 2. The molecule has 2 rings (SSSR count). The number of rotatable bonds is 6. The van der Waals surface area contributed by atoms with Gasteiger partial charge in [-0.25, -0.2) is 5.48 Å². The number of hydrogen-bond donors (Lipinski definition) is 5. The van der Waals surface area contributed by atoms with Gasteiger partial charge in [-0.2, -0.15) is 0 Å². The van der Waals surface area contributed by atoms with E-state index in [1.807, 2.05) is 0 Å². The van der Waals surface area contributed by atoms with Crippen LogP contribution in [0, 0.1) is 23.7 Å². The van der Waals surface area contributed by atoms with Crippen molar-refractivity contribution < 1.29 is 24.6 Å². The Labute approximate surface area is 157 Å². The van der Waals surface area contributed by atoms with E-state index in [4.69, 9.17) is 15.1 Å². The zero-order valence-corrected chi connectivity index (χ0v) is 14.8. The van der Waals surface area contributed by atoms with Gasteiger partial charge in [-0.05, 0) is 36.1 Å². The van der Waals surface area contributed by atoms with Gasteiger partial charge < -0.3 is 20.5 Å². The predicted octanol–water partition coefficient (Wildman–Crippen LogP) is -0.984. The second kappa shape index (κ2) is 9.72. The summed E-state index contributed by atoms with van der Waals surface area (Å²) in [5, 5.41) is 23.2. The third kappa shape index (κ3) is 5.07. The zero-order valence-electron chi connectivity index (χ0n) is 14.8. The summed E-state index contributed by atoms with van der Waals surface area (Å²) in [6, 6.07) is 5.42. The second-order valence-electron chi connectivity index (χ2n) is 5.86. The molecule has 0 spiro atoms. The highest BCUT2D eigenvalue weighted by Crippen LogP contribution is 2.21. The van der Waals surface area contributed by atoms with Crippen molar-refractivity contribution >= 4 is 11.8 Å². The Morgan fingerprint density at radius 3 is 2.52 bits per heavy atom. The monoisotopic (exact) mass is 371 g/mol. The third-order valence-electron chi connectivity index (χ3n) is 4.17. The van der Waals surface area contributed by atoms with Crippen molar-refractivity contribution in [2.75, 3.05) is 26.8 Å². The molecule has 1 aromatic carbocycles. The number of hydrogen-bond acceptors (Lipinski definition) is 6. The molecule has 1 heterocycles. The number of nitrogens with one attached hydrogen (secondary N) is 3. The molecule has 1 aliphatic heterocycles. The SMILES string of the molecule is COC1(C(NC(=O)c2ccc(C#CC#CCCO)cc2)C(=O)NO)CNC1. The van der Waals surface area contributed by atoms with E-state index in [0.717, 1.165) is 0 Å². The fourth-order valence-corrected chi connectivity index (χ4v) is 2.52. The Hall–Kier alpha value is -2.88. The number of benzene rings is 1. The van der Waals surface area contributed by atoms with Gasteiger partial charge in [0.05, 0.1) is 6.61 Å². The average Bonchev–Trinajstić information content (AvgIpc) is 2.66. The van der Waals surface area contributed by atoms with Gasteiger partial charge in [-0.1, -0.05) is 11.8 Å². The lowest BCUT2D eigenvalue weighted by molar-refractivity contribution is -0.145. The summed E-state index contributed by atoms with van der Waals surface area (Å²) in [6.45, 7) is 0.732. The smallest absolute Gasteiger partial charge is 0.269 e. The van der Waals surface area contributed by atoms with E-state index < -0.39 is 23.5 Å². The highest BCUT2D eigenvalue weighted by atomic mass is 16.5. The fraction of sp³-hybridized carbons (Fsp3) is 0.368. The Morgan fingerprint density at radius 1 is 1.30 bits per heavy atom. The van der Waals surface area contributed by atoms with E-state index in [1.54, 1.807) is 29.7 Å². The fourth-order valence-electron chi connectivity index (χ4n) is 2.52. The molecule has 1 aromatic rings. The molecule has 1 fully saturated rings. The molecule has 2 amide bonds. The van der Waals surface area contributed by atoms with Crippen LogP contribution in [-0.4, -0.2) is 60.6 Å². The maximum absolute atomic E-state index is 12.5. The third-order valence-corrected chi connectivity index (χ3v) is 4.17. The minimum atomic E-state index is -1.05. The van der Waals surface area contributed by atoms with Gasteiger partial charge in [0.2, 0.25) is 0 Å². The van der Waals surface area contributed by atoms with E-state index in [9.17, 15) is 9.59 Å². The minimum Gasteiger partial charge on any atom is -0.395 e. The van der Waals surface area contributed by atoms with Crippen LogP contribution in [0.5, 0.6) is 0 Å². The summed E-state index contributed by atoms with van der Waals surface area (Å²) in [7, 11) is 1.45. The van der Waals surface area contributed by atoms with Gasteiger partial charge in [-0.3, -0.25) is 14.8 Å². The normalized spacial score (nSPS) is 15.1. The Bertz CT molecular complexity index is 789. The average molecular weight is 371 g/mol. The van der Waals surface area contributed by atoms with Crippen molar-refractivity contribution in [3.63, 3.8) is 0 Å². The van der Waals surface area contributed by atoms with Crippen LogP contribution in [0.2, 0.25) is 0 Å². The lowest BCUT2D eigenvalue weighted by atomic mass is 9.87. The van der Waals surface area contributed by atoms with Gasteiger partial charge in [0, 0.05) is 37.7 Å². The van der Waals surface area contributed by atoms with Gasteiger partial charge in [0.1, 0.15) is 11.6 Å². The molecule has 8 heteroatoms.